The van der Waals surface area contributed by atoms with Crippen LogP contribution in [-0.2, 0) is 24.0 Å². The minimum Gasteiger partial charge on any atom is -0.413 e. The summed E-state index contributed by atoms with van der Waals surface area (Å²) in [5.41, 5.74) is -1.84. The third kappa shape index (κ3) is 5.30. The maximum Gasteiger partial charge on any atom is 0.238 e. The maximum atomic E-state index is 14.0. The highest BCUT2D eigenvalue weighted by molar-refractivity contribution is 7.90. The van der Waals surface area contributed by atoms with Gasteiger partial charge in [0.2, 0.25) is 15.9 Å². The molecule has 2 aliphatic carbocycles. The molecule has 3 rings (SSSR count). The Bertz CT molecular complexity index is 1140. The summed E-state index contributed by atoms with van der Waals surface area (Å²) in [6.07, 6.45) is 4.38. The van der Waals surface area contributed by atoms with Gasteiger partial charge in [-0.1, -0.05) is 74.5 Å². The summed E-state index contributed by atoms with van der Waals surface area (Å²) in [5.74, 6) is -0.962. The molecule has 0 aromatic heterocycles. The molecule has 0 radical (unpaired) electrons. The number of carbonyl (C=O) groups is 2. The van der Waals surface area contributed by atoms with Gasteiger partial charge in [-0.05, 0) is 61.6 Å². The van der Waals surface area contributed by atoms with E-state index in [1.54, 1.807) is 13.8 Å². The molecular weight excluding hydrogens is 542 g/mol. The zero-order valence-corrected chi connectivity index (χ0v) is 28.8. The highest BCUT2D eigenvalue weighted by atomic mass is 32.2. The zero-order valence-electron chi connectivity index (χ0n) is 27.0. The molecule has 2 bridgehead atoms. The van der Waals surface area contributed by atoms with Crippen LogP contribution in [0.1, 0.15) is 94.9 Å². The van der Waals surface area contributed by atoms with E-state index in [1.807, 2.05) is 32.9 Å². The quantitative estimate of drug-likeness (QED) is 0.247. The van der Waals surface area contributed by atoms with Crippen molar-refractivity contribution in [3.05, 3.63) is 12.2 Å². The van der Waals surface area contributed by atoms with Crippen molar-refractivity contribution in [1.29, 1.82) is 0 Å². The van der Waals surface area contributed by atoms with E-state index >= 15 is 0 Å². The summed E-state index contributed by atoms with van der Waals surface area (Å²) < 4.78 is 34.6. The molecule has 0 aromatic carbocycles. The van der Waals surface area contributed by atoms with Crippen molar-refractivity contribution in [2.75, 3.05) is 5.75 Å². The lowest BCUT2D eigenvalue weighted by Gasteiger charge is -2.43. The topological polar surface area (TPSA) is 101 Å². The number of aliphatic hydroxyl groups is 1. The molecule has 1 N–H and O–H groups in total. The molecule has 1 heterocycles. The second-order valence-corrected chi connectivity index (χ2v) is 22.2. The van der Waals surface area contributed by atoms with Crippen LogP contribution in [0.25, 0.3) is 0 Å². The first-order valence-corrected chi connectivity index (χ1v) is 19.6. The van der Waals surface area contributed by atoms with Crippen molar-refractivity contribution in [2.45, 2.75) is 131 Å². The Labute approximate surface area is 244 Å². The summed E-state index contributed by atoms with van der Waals surface area (Å²) in [6.45, 7) is 24.3. The number of ketones is 1. The van der Waals surface area contributed by atoms with Crippen LogP contribution in [-0.4, -0.2) is 61.8 Å². The molecule has 40 heavy (non-hydrogen) atoms. The first kappa shape index (κ1) is 33.5. The van der Waals surface area contributed by atoms with Gasteiger partial charge in [-0.25, -0.2) is 12.7 Å². The molecule has 7 nitrogen and oxygen atoms in total. The van der Waals surface area contributed by atoms with E-state index in [1.165, 1.54) is 0 Å². The Kier molecular flexibility index (Phi) is 8.87. The van der Waals surface area contributed by atoms with Crippen LogP contribution < -0.4 is 0 Å². The largest absolute Gasteiger partial charge is 0.413 e. The van der Waals surface area contributed by atoms with E-state index in [4.69, 9.17) is 4.43 Å². The van der Waals surface area contributed by atoms with E-state index in [0.717, 1.165) is 17.1 Å². The minimum atomic E-state index is -3.79. The molecule has 2 saturated carbocycles. The number of hydrogen-bond acceptors (Lipinski definition) is 6. The van der Waals surface area contributed by atoms with Crippen molar-refractivity contribution < 1.29 is 27.5 Å². The molecule has 230 valence electrons. The van der Waals surface area contributed by atoms with Gasteiger partial charge in [-0.2, -0.15) is 0 Å². The van der Waals surface area contributed by atoms with Crippen molar-refractivity contribution in [2.24, 2.45) is 34.0 Å². The molecule has 3 fully saturated rings. The number of sulfonamides is 1. The number of aliphatic hydroxyl groups excluding tert-OH is 1. The van der Waals surface area contributed by atoms with Crippen LogP contribution in [0.5, 0.6) is 0 Å². The van der Waals surface area contributed by atoms with Crippen LogP contribution in [0, 0.1) is 34.0 Å². The van der Waals surface area contributed by atoms with Crippen LogP contribution in [0.4, 0.5) is 0 Å². The molecule has 1 aliphatic heterocycles. The van der Waals surface area contributed by atoms with Gasteiger partial charge in [0.05, 0.1) is 35.8 Å². The summed E-state index contributed by atoms with van der Waals surface area (Å²) in [5, 5.41) is 11.3. The Balaban J connectivity index is 1.82. The third-order valence-electron chi connectivity index (χ3n) is 11.7. The number of amides is 1. The molecule has 3 unspecified atom stereocenters. The predicted octanol–water partition coefficient (Wildman–Crippen LogP) is 5.94. The summed E-state index contributed by atoms with van der Waals surface area (Å²) in [4.78, 5) is 27.6. The number of rotatable bonds is 10. The minimum absolute atomic E-state index is 0.00926. The van der Waals surface area contributed by atoms with E-state index in [-0.39, 0.29) is 40.1 Å². The van der Waals surface area contributed by atoms with Gasteiger partial charge in [0, 0.05) is 11.3 Å². The van der Waals surface area contributed by atoms with Gasteiger partial charge < -0.3 is 9.53 Å². The number of allylic oxidation sites excluding steroid dienone is 1. The van der Waals surface area contributed by atoms with Gasteiger partial charge in [-0.3, -0.25) is 9.59 Å². The number of carbonyl (C=O) groups excluding carboxylic acids is 2. The van der Waals surface area contributed by atoms with Crippen LogP contribution in [0.15, 0.2) is 12.2 Å². The lowest BCUT2D eigenvalue weighted by molar-refractivity contribution is -0.143. The SMILES string of the molecule is C/C=C/[C@H](C)[C@@H](O[Si](C)(C)C(C)(C)C)[C@@H](C)C(=O)C(C)(C)[C@@H](O)CC(=O)N1C2CC3CCC2(CS1(=O)=O)C3(C)C. The third-order valence-corrected chi connectivity index (χ3v) is 18.1. The lowest BCUT2D eigenvalue weighted by atomic mass is 9.69. The Morgan fingerprint density at radius 1 is 1.15 bits per heavy atom. The summed E-state index contributed by atoms with van der Waals surface area (Å²) in [6, 6.07) is -0.354. The average molecular weight is 598 g/mol. The fourth-order valence-corrected chi connectivity index (χ4v) is 11.6. The molecule has 7 atom stereocenters. The van der Waals surface area contributed by atoms with Gasteiger partial charge >= 0.3 is 0 Å². The standard InChI is InChI=1S/C31H55NO6SSi/c1-13-14-20(2)26(38-40(11,12)28(4,5)6)21(3)27(35)29(7,8)24(33)18-25(34)32-23-17-22-15-16-31(23,30(22,9)10)19-39(32,36)37/h13-14,20-24,26,33H,15-19H2,1-12H3/b14-13+/t20-,21+,22?,23?,24-,26+,31?/m0/s1. The molecule has 1 saturated heterocycles. The zero-order chi connectivity index (χ0) is 30.9. The first-order chi connectivity index (χ1) is 18.0. The molecular formula is C31H55NO6SSi. The second-order valence-electron chi connectivity index (χ2n) is 15.6. The van der Waals surface area contributed by atoms with E-state index in [2.05, 4.69) is 47.7 Å². The van der Waals surface area contributed by atoms with Gasteiger partial charge in [0.1, 0.15) is 5.78 Å². The molecule has 3 aliphatic rings. The Hall–Kier alpha value is -1.03. The van der Waals surface area contributed by atoms with Crippen molar-refractivity contribution in [3.8, 4) is 0 Å². The van der Waals surface area contributed by atoms with Gasteiger partial charge in [-0.15, -0.1) is 0 Å². The molecule has 9 heteroatoms. The number of fused-ring (bicyclic) bond motifs is 1. The van der Waals surface area contributed by atoms with Crippen LogP contribution in [0.3, 0.4) is 0 Å². The summed E-state index contributed by atoms with van der Waals surface area (Å²) >= 11 is 0. The second kappa shape index (κ2) is 10.6. The smallest absolute Gasteiger partial charge is 0.238 e. The fraction of sp³-hybridized carbons (Fsp3) is 0.871. The van der Waals surface area contributed by atoms with E-state index in [9.17, 15) is 23.1 Å². The summed E-state index contributed by atoms with van der Waals surface area (Å²) in [7, 11) is -6.01. The highest BCUT2D eigenvalue weighted by Gasteiger charge is 2.72. The van der Waals surface area contributed by atoms with Gasteiger partial charge in [0.25, 0.3) is 0 Å². The predicted molar refractivity (Wildman–Crippen MR) is 163 cm³/mol. The van der Waals surface area contributed by atoms with Gasteiger partial charge in [0.15, 0.2) is 8.32 Å². The van der Waals surface area contributed by atoms with Crippen LogP contribution >= 0.6 is 0 Å². The molecule has 1 spiro atoms. The Morgan fingerprint density at radius 2 is 1.73 bits per heavy atom. The molecule has 1 amide bonds. The maximum absolute atomic E-state index is 14.0. The normalized spacial score (nSPS) is 30.8. The monoisotopic (exact) mass is 597 g/mol. The lowest BCUT2D eigenvalue weighted by Crippen LogP contribution is -2.52. The number of hydrogen-bond donors (Lipinski definition) is 1. The average Bonchev–Trinajstić information content (AvgIpc) is 3.28. The van der Waals surface area contributed by atoms with Crippen LogP contribution in [0.2, 0.25) is 18.1 Å². The number of nitrogens with zero attached hydrogens (tertiary/aromatic N) is 1. The van der Waals surface area contributed by atoms with Crippen molar-refractivity contribution >= 4 is 30.0 Å². The van der Waals surface area contributed by atoms with E-state index in [0.29, 0.717) is 12.3 Å². The van der Waals surface area contributed by atoms with Crippen molar-refractivity contribution in [1.82, 2.24) is 4.31 Å². The Morgan fingerprint density at radius 3 is 2.23 bits per heavy atom. The first-order valence-electron chi connectivity index (χ1n) is 15.1. The van der Waals surface area contributed by atoms with Crippen molar-refractivity contribution in [3.63, 3.8) is 0 Å². The molecule has 0 aromatic rings. The number of Topliss-reactive ketones (excluding diaryl/α,β-unsaturated/α-hetero) is 1. The van der Waals surface area contributed by atoms with E-state index < -0.39 is 53.5 Å². The fourth-order valence-electron chi connectivity index (χ4n) is 7.62. The highest BCUT2D eigenvalue weighted by Crippen LogP contribution is 2.70.